The molecule has 1 aromatic carbocycles. The smallest absolute Gasteiger partial charge is 0.296 e. The van der Waals surface area contributed by atoms with Crippen LogP contribution in [0.5, 0.6) is 0 Å². The number of halogens is 1. The molecule has 0 atom stereocenters. The Morgan fingerprint density at radius 1 is 1.27 bits per heavy atom. The van der Waals surface area contributed by atoms with Crippen LogP contribution in [0.3, 0.4) is 0 Å². The van der Waals surface area contributed by atoms with Crippen molar-refractivity contribution in [3.8, 4) is 0 Å². The minimum Gasteiger partial charge on any atom is -0.520 e. The highest BCUT2D eigenvalue weighted by molar-refractivity contribution is 6.71. The molecule has 1 aromatic rings. The zero-order valence-corrected chi connectivity index (χ0v) is 10.2. The third-order valence-corrected chi connectivity index (χ3v) is 2.52. The molecule has 0 N–H and O–H groups in total. The second kappa shape index (κ2) is 4.57. The average molecular weight is 226 g/mol. The molecule has 82 valence electrons. The van der Waals surface area contributed by atoms with Crippen LogP contribution in [0.15, 0.2) is 24.3 Å². The van der Waals surface area contributed by atoms with Gasteiger partial charge in [0.2, 0.25) is 8.32 Å². The van der Waals surface area contributed by atoms with E-state index < -0.39 is 8.32 Å². The summed E-state index contributed by atoms with van der Waals surface area (Å²) in [5, 5.41) is 0. The number of hydrogen-bond donors (Lipinski definition) is 0. The molecule has 4 heteroatoms. The fraction of sp³-hybridized carbons (Fsp3) is 0.364. The third-order valence-electron chi connectivity index (χ3n) is 1.68. The van der Waals surface area contributed by atoms with Gasteiger partial charge in [-0.2, -0.15) is 0 Å². The van der Waals surface area contributed by atoms with Crippen molar-refractivity contribution in [2.45, 2.75) is 26.1 Å². The first kappa shape index (κ1) is 11.9. The summed E-state index contributed by atoms with van der Waals surface area (Å²) < 4.78 is 17.9. The second-order valence-electron chi connectivity index (χ2n) is 4.39. The maximum absolute atomic E-state index is 12.6. The largest absolute Gasteiger partial charge is 0.520 e. The van der Waals surface area contributed by atoms with Gasteiger partial charge in [-0.25, -0.2) is 4.39 Å². The molecule has 0 heterocycles. The predicted octanol–water partition coefficient (Wildman–Crippen LogP) is 2.75. The van der Waals surface area contributed by atoms with Crippen LogP contribution in [0.25, 0.3) is 0 Å². The van der Waals surface area contributed by atoms with E-state index in [1.165, 1.54) is 12.1 Å². The fourth-order valence-electron chi connectivity index (χ4n) is 1.15. The summed E-state index contributed by atoms with van der Waals surface area (Å²) in [6.07, 6.45) is 0.213. The van der Waals surface area contributed by atoms with Crippen LogP contribution in [0.1, 0.15) is 5.56 Å². The van der Waals surface area contributed by atoms with E-state index in [1.807, 2.05) is 19.6 Å². The predicted molar refractivity (Wildman–Crippen MR) is 59.5 cm³/mol. The molecule has 0 spiro atoms. The molecule has 0 bridgehead atoms. The van der Waals surface area contributed by atoms with Gasteiger partial charge in [0.15, 0.2) is 0 Å². The molecule has 0 aliphatic carbocycles. The van der Waals surface area contributed by atoms with Crippen molar-refractivity contribution in [1.29, 1.82) is 0 Å². The van der Waals surface area contributed by atoms with Crippen molar-refractivity contribution in [2.24, 2.45) is 0 Å². The van der Waals surface area contributed by atoms with Crippen LogP contribution < -0.4 is 0 Å². The maximum Gasteiger partial charge on any atom is 0.296 e. The topological polar surface area (TPSA) is 26.3 Å². The van der Waals surface area contributed by atoms with Crippen LogP contribution in [-0.4, -0.2) is 14.3 Å². The minimum absolute atomic E-state index is 0.213. The average Bonchev–Trinajstić information content (AvgIpc) is 2.05. The number of hydrogen-bond acceptors (Lipinski definition) is 2. The van der Waals surface area contributed by atoms with E-state index in [2.05, 4.69) is 0 Å². The van der Waals surface area contributed by atoms with Crippen LogP contribution in [0.2, 0.25) is 19.6 Å². The molecule has 1 rings (SSSR count). The summed E-state index contributed by atoms with van der Waals surface area (Å²) in [5.74, 6) is -0.530. The highest BCUT2D eigenvalue weighted by atomic mass is 28.4. The lowest BCUT2D eigenvalue weighted by Crippen LogP contribution is -2.29. The van der Waals surface area contributed by atoms with E-state index in [1.54, 1.807) is 12.1 Å². The molecule has 15 heavy (non-hydrogen) atoms. The molecule has 0 fully saturated rings. The molecule has 0 radical (unpaired) electrons. The highest BCUT2D eigenvalue weighted by Crippen LogP contribution is 2.08. The van der Waals surface area contributed by atoms with Crippen LogP contribution >= 0.6 is 0 Å². The lowest BCUT2D eigenvalue weighted by Gasteiger charge is -2.17. The Morgan fingerprint density at radius 2 is 1.80 bits per heavy atom. The van der Waals surface area contributed by atoms with E-state index in [0.29, 0.717) is 0 Å². The Bertz CT molecular complexity index is 341. The Hall–Kier alpha value is -1.16. The first-order valence-electron chi connectivity index (χ1n) is 4.83. The van der Waals surface area contributed by atoms with Gasteiger partial charge in [0, 0.05) is 0 Å². The number of carbonyl (C=O) groups is 1. The van der Waals surface area contributed by atoms with E-state index in [0.717, 1.165) is 5.56 Å². The second-order valence-corrected chi connectivity index (χ2v) is 8.82. The van der Waals surface area contributed by atoms with Crippen molar-refractivity contribution in [3.05, 3.63) is 35.6 Å². The van der Waals surface area contributed by atoms with Gasteiger partial charge in [-0.3, -0.25) is 4.79 Å². The van der Waals surface area contributed by atoms with Crippen LogP contribution in [-0.2, 0) is 15.6 Å². The molecule has 0 saturated heterocycles. The van der Waals surface area contributed by atoms with E-state index in [9.17, 15) is 9.18 Å². The van der Waals surface area contributed by atoms with E-state index in [-0.39, 0.29) is 18.2 Å². The molecule has 0 amide bonds. The summed E-state index contributed by atoms with van der Waals surface area (Å²) in [7, 11) is -1.81. The maximum atomic E-state index is 12.6. The molecule has 0 saturated carbocycles. The molecule has 0 unspecified atom stereocenters. The Labute approximate surface area is 90.2 Å². The number of carbonyl (C=O) groups excluding carboxylic acids is 1. The van der Waals surface area contributed by atoms with E-state index in [4.69, 9.17) is 4.43 Å². The summed E-state index contributed by atoms with van der Waals surface area (Å²) in [6.45, 7) is 5.86. The lowest BCUT2D eigenvalue weighted by atomic mass is 10.1. The first-order chi connectivity index (χ1) is 6.87. The molecule has 0 aromatic heterocycles. The van der Waals surface area contributed by atoms with Crippen molar-refractivity contribution in [3.63, 3.8) is 0 Å². The van der Waals surface area contributed by atoms with Crippen molar-refractivity contribution >= 4 is 14.3 Å². The van der Waals surface area contributed by atoms with Gasteiger partial charge in [0.25, 0.3) is 5.97 Å². The number of benzene rings is 1. The summed E-state index contributed by atoms with van der Waals surface area (Å²) in [4.78, 5) is 11.4. The Kier molecular flexibility index (Phi) is 3.63. The van der Waals surface area contributed by atoms with Gasteiger partial charge < -0.3 is 4.43 Å². The van der Waals surface area contributed by atoms with Crippen LogP contribution in [0.4, 0.5) is 4.39 Å². The van der Waals surface area contributed by atoms with Gasteiger partial charge in [-0.05, 0) is 37.3 Å². The summed E-state index contributed by atoms with van der Waals surface area (Å²) in [6, 6.07) is 5.88. The van der Waals surface area contributed by atoms with Crippen molar-refractivity contribution in [1.82, 2.24) is 0 Å². The zero-order chi connectivity index (χ0) is 11.5. The Morgan fingerprint density at radius 3 is 2.27 bits per heavy atom. The standard InChI is InChI=1S/C11H15FO2Si/c1-15(2,3)14-11(13)8-9-4-6-10(12)7-5-9/h4-7H,8H2,1-3H3. The number of rotatable bonds is 3. The fourth-order valence-corrected chi connectivity index (χ4v) is 1.90. The minimum atomic E-state index is -1.81. The van der Waals surface area contributed by atoms with Crippen molar-refractivity contribution in [2.75, 3.05) is 0 Å². The lowest BCUT2D eigenvalue weighted by molar-refractivity contribution is -0.134. The monoisotopic (exact) mass is 226 g/mol. The third kappa shape index (κ3) is 4.74. The first-order valence-corrected chi connectivity index (χ1v) is 8.24. The molecule has 0 aliphatic rings. The molecular weight excluding hydrogens is 211 g/mol. The highest BCUT2D eigenvalue weighted by Gasteiger charge is 2.19. The van der Waals surface area contributed by atoms with Gasteiger partial charge in [0.05, 0.1) is 6.42 Å². The summed E-state index contributed by atoms with van der Waals surface area (Å²) in [5.41, 5.74) is 0.777. The van der Waals surface area contributed by atoms with Crippen LogP contribution in [0, 0.1) is 5.82 Å². The van der Waals surface area contributed by atoms with E-state index >= 15 is 0 Å². The molecule has 2 nitrogen and oxygen atoms in total. The van der Waals surface area contributed by atoms with Gasteiger partial charge >= 0.3 is 0 Å². The van der Waals surface area contributed by atoms with Crippen molar-refractivity contribution < 1.29 is 13.6 Å². The quantitative estimate of drug-likeness (QED) is 0.741. The zero-order valence-electron chi connectivity index (χ0n) is 9.21. The Balaban J connectivity index is 2.55. The molecule has 0 aliphatic heterocycles. The molecular formula is C11H15FO2Si. The van der Waals surface area contributed by atoms with Gasteiger partial charge in [-0.1, -0.05) is 12.1 Å². The normalized spacial score (nSPS) is 11.2. The summed E-state index contributed by atoms with van der Waals surface area (Å²) >= 11 is 0. The SMILES string of the molecule is C[Si](C)(C)OC(=O)Cc1ccc(F)cc1. The van der Waals surface area contributed by atoms with Gasteiger partial charge in [-0.15, -0.1) is 0 Å². The van der Waals surface area contributed by atoms with Gasteiger partial charge in [0.1, 0.15) is 5.82 Å².